The van der Waals surface area contributed by atoms with Gasteiger partial charge in [-0.15, -0.1) is 0 Å². The molecule has 0 unspecified atom stereocenters. The summed E-state index contributed by atoms with van der Waals surface area (Å²) >= 11 is -1.74. The summed E-state index contributed by atoms with van der Waals surface area (Å²) in [6, 6.07) is 9.87. The van der Waals surface area contributed by atoms with Crippen molar-refractivity contribution in [1.82, 2.24) is 0 Å². The van der Waals surface area contributed by atoms with Gasteiger partial charge in [-0.25, -0.2) is 0 Å². The van der Waals surface area contributed by atoms with Gasteiger partial charge in [-0.05, 0) is 0 Å². The van der Waals surface area contributed by atoms with Gasteiger partial charge < -0.3 is 0 Å². The van der Waals surface area contributed by atoms with Gasteiger partial charge in [0.25, 0.3) is 0 Å². The van der Waals surface area contributed by atoms with Crippen LogP contribution in [0.4, 0.5) is 11.4 Å². The first kappa shape index (κ1) is 36.4. The summed E-state index contributed by atoms with van der Waals surface area (Å²) in [5, 5.41) is 0. The molecule has 48 heavy (non-hydrogen) atoms. The zero-order valence-corrected chi connectivity index (χ0v) is 34.7. The summed E-state index contributed by atoms with van der Waals surface area (Å²) in [6.07, 6.45) is 25.2. The van der Waals surface area contributed by atoms with Gasteiger partial charge in [-0.3, -0.25) is 0 Å². The van der Waals surface area contributed by atoms with Crippen LogP contribution in [0.1, 0.15) is 144 Å². The molecule has 1 heterocycles. The van der Waals surface area contributed by atoms with E-state index in [1.54, 1.807) is 0 Å². The Balaban J connectivity index is 1.76. The van der Waals surface area contributed by atoms with E-state index >= 15 is 0 Å². The fourth-order valence-corrected chi connectivity index (χ4v) is 37.4. The van der Waals surface area contributed by atoms with Crippen molar-refractivity contribution >= 4 is 25.9 Å². The van der Waals surface area contributed by atoms with Gasteiger partial charge in [0.1, 0.15) is 0 Å². The van der Waals surface area contributed by atoms with Crippen LogP contribution < -0.4 is 9.80 Å². The summed E-state index contributed by atoms with van der Waals surface area (Å²) < 4.78 is 4.82. The molecule has 267 valence electrons. The molecule has 6 rings (SSSR count). The molecule has 0 atom stereocenters. The number of nitrogens with zero attached hydrogens (tertiary/aromatic N) is 2. The van der Waals surface area contributed by atoms with Gasteiger partial charge in [0.2, 0.25) is 0 Å². The maximum atomic E-state index is 3.00. The van der Waals surface area contributed by atoms with E-state index in [9.17, 15) is 0 Å². The van der Waals surface area contributed by atoms with Crippen LogP contribution in [0, 0.1) is 41.5 Å². The number of anilines is 2. The van der Waals surface area contributed by atoms with Crippen molar-refractivity contribution in [3.8, 4) is 0 Å². The predicted molar refractivity (Wildman–Crippen MR) is 215 cm³/mol. The van der Waals surface area contributed by atoms with Crippen molar-refractivity contribution in [3.63, 3.8) is 0 Å². The molecule has 2 aromatic carbocycles. The summed E-state index contributed by atoms with van der Waals surface area (Å²) in [4.78, 5) is 5.93. The Bertz CT molecular complexity index is 1410. The zero-order chi connectivity index (χ0) is 34.0. The van der Waals surface area contributed by atoms with E-state index in [1.165, 1.54) is 147 Å². The molecule has 0 amide bonds. The quantitative estimate of drug-likeness (QED) is 0.205. The topological polar surface area (TPSA) is 6.48 Å². The molecule has 3 aliphatic carbocycles. The molecule has 4 heteroatoms. The molecule has 4 aliphatic rings. The van der Waals surface area contributed by atoms with Crippen LogP contribution in [0.2, 0.25) is 0 Å². The summed E-state index contributed by atoms with van der Waals surface area (Å²) in [5.74, 6) is 0. The molecular formula is C44H68N2PRu. The molecule has 0 aromatic heterocycles. The summed E-state index contributed by atoms with van der Waals surface area (Å²) in [7, 11) is 0. The maximum absolute atomic E-state index is 3.00. The second-order valence-corrected chi connectivity index (χ2v) is 30.1. The van der Waals surface area contributed by atoms with Crippen LogP contribution >= 0.6 is 5.59 Å². The van der Waals surface area contributed by atoms with Crippen LogP contribution in [0.25, 0.3) is 0 Å². The summed E-state index contributed by atoms with van der Waals surface area (Å²) in [5.41, 5.74) is 14.4. The SMILES string of the molecule is CC(C)=C/[CH]=[Ru](=[C]1N(c2c(C)cc(C)cc2C)CCN1c1c(C)cc(C)cc1C)/[PH](C1CCCCC1)(C1CCCCC1)C1CCCCC1. The minimum atomic E-state index is -1.87. The van der Waals surface area contributed by atoms with E-state index in [0.717, 1.165) is 30.1 Å². The van der Waals surface area contributed by atoms with Crippen molar-refractivity contribution in [1.29, 1.82) is 0 Å². The van der Waals surface area contributed by atoms with E-state index in [4.69, 9.17) is 0 Å². The molecule has 0 N–H and O–H groups in total. The molecule has 2 aromatic rings. The monoisotopic (exact) mass is 757 g/mol. The Hall–Kier alpha value is -1.43. The third kappa shape index (κ3) is 7.18. The second kappa shape index (κ2) is 15.9. The standard InChI is InChI=1S/C21H26N2.C18H33P.C5H8.Ru/c1-14-9-16(3)20(17(4)10-14)22-7-8-23(13-22)21-18(5)11-15(2)12-19(21)6;1-4-10-16(11-5-1)19(17-12-6-2-7-13-17)18-14-8-3-9-15-18;1-4-5(2)3;/h9-12H,7-8H2,1-6H3;16-18H,1-15H2;1,4H,2-3H3;/q;;;-1/p+1. The molecule has 0 bridgehead atoms. The molecule has 3 saturated carbocycles. The summed E-state index contributed by atoms with van der Waals surface area (Å²) in [6.45, 7) is 21.2. The predicted octanol–water partition coefficient (Wildman–Crippen LogP) is 12.0. The molecule has 0 radical (unpaired) electrons. The Morgan fingerprint density at radius 2 is 0.896 bits per heavy atom. The third-order valence-electron chi connectivity index (χ3n) is 12.5. The Labute approximate surface area is 300 Å². The second-order valence-electron chi connectivity index (χ2n) is 16.5. The molecule has 1 saturated heterocycles. The molecule has 0 spiro atoms. The number of hydrogen-bond donors (Lipinski definition) is 0. The minimum absolute atomic E-state index is 1.01. The third-order valence-corrected chi connectivity index (χ3v) is 34.1. The fraction of sp³-hybridized carbons (Fsp3) is 0.636. The fourth-order valence-electron chi connectivity index (χ4n) is 10.9. The first-order valence-electron chi connectivity index (χ1n) is 19.8. The molecule has 1 aliphatic heterocycles. The van der Waals surface area contributed by atoms with Crippen LogP contribution in [0.15, 0.2) is 35.9 Å². The zero-order valence-electron chi connectivity index (χ0n) is 32.0. The Kier molecular flexibility index (Phi) is 12.0. The van der Waals surface area contributed by atoms with Crippen molar-refractivity contribution in [2.75, 3.05) is 22.9 Å². The number of allylic oxidation sites excluding steroid dienone is 2. The van der Waals surface area contributed by atoms with Crippen molar-refractivity contribution < 1.29 is 14.6 Å². The van der Waals surface area contributed by atoms with Gasteiger partial charge in [-0.1, -0.05) is 0 Å². The van der Waals surface area contributed by atoms with E-state index in [0.29, 0.717) is 0 Å². The van der Waals surface area contributed by atoms with Gasteiger partial charge in [0.15, 0.2) is 0 Å². The number of benzene rings is 2. The first-order valence-corrected chi connectivity index (χ1v) is 26.4. The van der Waals surface area contributed by atoms with Gasteiger partial charge in [0, 0.05) is 0 Å². The van der Waals surface area contributed by atoms with Crippen molar-refractivity contribution in [2.24, 2.45) is 0 Å². The Morgan fingerprint density at radius 3 is 1.21 bits per heavy atom. The molecule has 2 nitrogen and oxygen atoms in total. The first-order chi connectivity index (χ1) is 23.1. The van der Waals surface area contributed by atoms with E-state index in [-0.39, 0.29) is 0 Å². The normalized spacial score (nSPS) is 21.6. The van der Waals surface area contributed by atoms with E-state index in [2.05, 4.69) is 100 Å². The van der Waals surface area contributed by atoms with Gasteiger partial charge in [0.05, 0.1) is 0 Å². The number of hydrogen-bond acceptors (Lipinski definition) is 2. The van der Waals surface area contributed by atoms with Gasteiger partial charge >= 0.3 is 301 Å². The number of rotatable bonds is 7. The van der Waals surface area contributed by atoms with E-state index in [1.807, 2.05) is 4.35 Å². The molecular weight excluding hydrogens is 689 g/mol. The van der Waals surface area contributed by atoms with Crippen molar-refractivity contribution in [2.45, 2.75) is 169 Å². The van der Waals surface area contributed by atoms with Gasteiger partial charge in [-0.2, -0.15) is 0 Å². The van der Waals surface area contributed by atoms with Crippen LogP contribution in [-0.4, -0.2) is 39.0 Å². The number of aryl methyl sites for hydroxylation is 6. The van der Waals surface area contributed by atoms with E-state index < -0.39 is 20.2 Å². The van der Waals surface area contributed by atoms with Crippen LogP contribution in [-0.2, 0) is 14.6 Å². The Morgan fingerprint density at radius 1 is 0.562 bits per heavy atom. The molecule has 4 fully saturated rings. The average molecular weight is 757 g/mol. The van der Waals surface area contributed by atoms with Crippen molar-refractivity contribution in [3.05, 3.63) is 69.3 Å². The average Bonchev–Trinajstić information content (AvgIpc) is 3.46. The van der Waals surface area contributed by atoms with Crippen LogP contribution in [0.5, 0.6) is 0 Å². The van der Waals surface area contributed by atoms with Crippen LogP contribution in [0.3, 0.4) is 0 Å².